The first-order chi connectivity index (χ1) is 14.6. The van der Waals surface area contributed by atoms with Crippen LogP contribution in [0, 0.1) is 0 Å². The van der Waals surface area contributed by atoms with Gasteiger partial charge in [-0.15, -0.1) is 10.2 Å². The summed E-state index contributed by atoms with van der Waals surface area (Å²) < 4.78 is 7.40. The van der Waals surface area contributed by atoms with E-state index in [1.165, 1.54) is 18.0 Å². The molecule has 10 heteroatoms. The summed E-state index contributed by atoms with van der Waals surface area (Å²) in [4.78, 5) is 20.9. The van der Waals surface area contributed by atoms with Gasteiger partial charge in [0.05, 0.1) is 23.1 Å². The fourth-order valence-electron chi connectivity index (χ4n) is 2.67. The molecule has 4 heterocycles. The highest BCUT2D eigenvalue weighted by Crippen LogP contribution is 2.28. The van der Waals surface area contributed by atoms with Crippen LogP contribution in [0.25, 0.3) is 11.4 Å². The average Bonchev–Trinajstić information content (AvgIpc) is 3.41. The van der Waals surface area contributed by atoms with E-state index in [1.807, 2.05) is 28.8 Å². The van der Waals surface area contributed by atoms with E-state index in [0.29, 0.717) is 28.4 Å². The van der Waals surface area contributed by atoms with Gasteiger partial charge in [0.25, 0.3) is 0 Å². The zero-order chi connectivity index (χ0) is 20.9. The zero-order valence-corrected chi connectivity index (χ0v) is 17.5. The number of aromatic nitrogens is 5. The first kappa shape index (κ1) is 20.1. The first-order valence-corrected chi connectivity index (χ1v) is 10.3. The minimum atomic E-state index is -0.441. The molecule has 1 atom stereocenters. The SMILES string of the molecule is CC(Sc1nnc(-c2cccnc2)n1Cc1ccco1)C(=O)Nc1ccc(Cl)cn1. The van der Waals surface area contributed by atoms with Crippen LogP contribution >= 0.6 is 23.4 Å². The second-order valence-electron chi connectivity index (χ2n) is 6.32. The predicted octanol–water partition coefficient (Wildman–Crippen LogP) is 4.15. The third-order valence-corrected chi connectivity index (χ3v) is 5.46. The summed E-state index contributed by atoms with van der Waals surface area (Å²) in [5.41, 5.74) is 0.825. The normalized spacial score (nSPS) is 11.9. The number of pyridine rings is 2. The van der Waals surface area contributed by atoms with Gasteiger partial charge in [-0.1, -0.05) is 23.4 Å². The summed E-state index contributed by atoms with van der Waals surface area (Å²) in [5.74, 6) is 1.63. The number of nitrogens with zero attached hydrogens (tertiary/aromatic N) is 5. The van der Waals surface area contributed by atoms with Crippen LogP contribution in [0.5, 0.6) is 0 Å². The third-order valence-electron chi connectivity index (χ3n) is 4.16. The monoisotopic (exact) mass is 440 g/mol. The van der Waals surface area contributed by atoms with Gasteiger partial charge in [-0.3, -0.25) is 14.3 Å². The van der Waals surface area contributed by atoms with E-state index >= 15 is 0 Å². The Bertz CT molecular complexity index is 1120. The summed E-state index contributed by atoms with van der Waals surface area (Å²) >= 11 is 7.14. The molecular weight excluding hydrogens is 424 g/mol. The smallest absolute Gasteiger partial charge is 0.238 e. The number of rotatable bonds is 7. The van der Waals surface area contributed by atoms with Gasteiger partial charge in [-0.25, -0.2) is 4.98 Å². The van der Waals surface area contributed by atoms with Gasteiger partial charge in [-0.05, 0) is 43.3 Å². The molecule has 8 nitrogen and oxygen atoms in total. The number of hydrogen-bond acceptors (Lipinski definition) is 7. The van der Waals surface area contributed by atoms with Crippen LogP contribution in [0.4, 0.5) is 5.82 Å². The molecule has 4 aromatic rings. The molecular formula is C20H17ClN6O2S. The van der Waals surface area contributed by atoms with Crippen LogP contribution in [-0.4, -0.2) is 35.9 Å². The quantitative estimate of drug-likeness (QED) is 0.431. The fraction of sp³-hybridized carbons (Fsp3) is 0.150. The van der Waals surface area contributed by atoms with E-state index in [4.69, 9.17) is 16.0 Å². The molecule has 0 aliphatic heterocycles. The molecule has 0 spiro atoms. The first-order valence-electron chi connectivity index (χ1n) is 9.05. The molecule has 1 unspecified atom stereocenters. The molecule has 1 N–H and O–H groups in total. The number of carbonyl (C=O) groups is 1. The Morgan fingerprint density at radius 1 is 1.23 bits per heavy atom. The van der Waals surface area contributed by atoms with Crippen LogP contribution in [0.2, 0.25) is 5.02 Å². The zero-order valence-electron chi connectivity index (χ0n) is 15.9. The summed E-state index contributed by atoms with van der Waals surface area (Å²) in [6.45, 7) is 2.23. The molecule has 0 fully saturated rings. The van der Waals surface area contributed by atoms with Gasteiger partial charge >= 0.3 is 0 Å². The van der Waals surface area contributed by atoms with Crippen molar-refractivity contribution in [1.82, 2.24) is 24.7 Å². The third kappa shape index (κ3) is 4.69. The molecule has 4 aromatic heterocycles. The van der Waals surface area contributed by atoms with E-state index in [1.54, 1.807) is 37.7 Å². The molecule has 0 aliphatic rings. The number of halogens is 1. The van der Waals surface area contributed by atoms with Crippen LogP contribution in [0.15, 0.2) is 70.8 Å². The van der Waals surface area contributed by atoms with Gasteiger partial charge in [0.1, 0.15) is 11.6 Å². The summed E-state index contributed by atoms with van der Waals surface area (Å²) in [5, 5.41) is 12.1. The highest BCUT2D eigenvalue weighted by molar-refractivity contribution is 8.00. The standard InChI is InChI=1S/C20H17ClN6O2S/c1-13(19(28)24-17-7-6-15(21)11-23-17)30-20-26-25-18(14-4-2-8-22-10-14)27(20)12-16-5-3-9-29-16/h2-11,13H,12H2,1H3,(H,23,24,28). The van der Waals surface area contributed by atoms with E-state index in [2.05, 4.69) is 25.5 Å². The fourth-order valence-corrected chi connectivity index (χ4v) is 3.63. The molecule has 0 aliphatic carbocycles. The van der Waals surface area contributed by atoms with Crippen LogP contribution < -0.4 is 5.32 Å². The molecule has 152 valence electrons. The van der Waals surface area contributed by atoms with Crippen molar-refractivity contribution in [2.45, 2.75) is 23.9 Å². The maximum atomic E-state index is 12.6. The van der Waals surface area contributed by atoms with Gasteiger partial charge in [0, 0.05) is 24.2 Å². The topological polar surface area (TPSA) is 98.7 Å². The van der Waals surface area contributed by atoms with Crippen LogP contribution in [-0.2, 0) is 11.3 Å². The molecule has 0 bridgehead atoms. The lowest BCUT2D eigenvalue weighted by molar-refractivity contribution is -0.115. The van der Waals surface area contributed by atoms with Crippen molar-refractivity contribution >= 4 is 35.1 Å². The maximum absolute atomic E-state index is 12.6. The van der Waals surface area contributed by atoms with Crippen LogP contribution in [0.1, 0.15) is 12.7 Å². The van der Waals surface area contributed by atoms with E-state index in [9.17, 15) is 4.79 Å². The van der Waals surface area contributed by atoms with Crippen LogP contribution in [0.3, 0.4) is 0 Å². The number of nitrogens with one attached hydrogen (secondary N) is 1. The average molecular weight is 441 g/mol. The van der Waals surface area contributed by atoms with E-state index in [-0.39, 0.29) is 5.91 Å². The minimum absolute atomic E-state index is 0.203. The molecule has 0 aromatic carbocycles. The number of hydrogen-bond donors (Lipinski definition) is 1. The van der Waals surface area contributed by atoms with Crippen molar-refractivity contribution in [2.75, 3.05) is 5.32 Å². The molecule has 30 heavy (non-hydrogen) atoms. The van der Waals surface area contributed by atoms with Crippen molar-refractivity contribution < 1.29 is 9.21 Å². The second-order valence-corrected chi connectivity index (χ2v) is 8.07. The van der Waals surface area contributed by atoms with Crippen molar-refractivity contribution in [3.05, 3.63) is 72.0 Å². The van der Waals surface area contributed by atoms with Gasteiger partial charge in [0.2, 0.25) is 5.91 Å². The Hall–Kier alpha value is -3.17. The molecule has 4 rings (SSSR count). The minimum Gasteiger partial charge on any atom is -0.467 e. The number of furan rings is 1. The Morgan fingerprint density at radius 3 is 2.83 bits per heavy atom. The summed E-state index contributed by atoms with van der Waals surface area (Å²) in [6, 6.07) is 10.8. The largest absolute Gasteiger partial charge is 0.467 e. The van der Waals surface area contributed by atoms with Crippen molar-refractivity contribution in [3.63, 3.8) is 0 Å². The van der Waals surface area contributed by atoms with Gasteiger partial charge in [-0.2, -0.15) is 0 Å². The van der Waals surface area contributed by atoms with Gasteiger partial charge in [0.15, 0.2) is 11.0 Å². The Kier molecular flexibility index (Phi) is 6.10. The number of anilines is 1. The lowest BCUT2D eigenvalue weighted by Crippen LogP contribution is -2.23. The Morgan fingerprint density at radius 2 is 2.13 bits per heavy atom. The van der Waals surface area contributed by atoms with E-state index in [0.717, 1.165) is 11.3 Å². The van der Waals surface area contributed by atoms with Crippen molar-refractivity contribution in [3.8, 4) is 11.4 Å². The molecule has 0 saturated heterocycles. The van der Waals surface area contributed by atoms with Crippen molar-refractivity contribution in [2.24, 2.45) is 0 Å². The molecule has 1 amide bonds. The van der Waals surface area contributed by atoms with Crippen molar-refractivity contribution in [1.29, 1.82) is 0 Å². The Balaban J connectivity index is 1.56. The highest BCUT2D eigenvalue weighted by atomic mass is 35.5. The summed E-state index contributed by atoms with van der Waals surface area (Å²) in [6.07, 6.45) is 6.52. The second kappa shape index (κ2) is 9.10. The molecule has 0 saturated carbocycles. The van der Waals surface area contributed by atoms with E-state index < -0.39 is 5.25 Å². The number of carbonyl (C=O) groups excluding carboxylic acids is 1. The number of thioether (sulfide) groups is 1. The lowest BCUT2D eigenvalue weighted by atomic mass is 10.2. The maximum Gasteiger partial charge on any atom is 0.238 e. The highest BCUT2D eigenvalue weighted by Gasteiger charge is 2.22. The van der Waals surface area contributed by atoms with Gasteiger partial charge < -0.3 is 9.73 Å². The summed E-state index contributed by atoms with van der Waals surface area (Å²) in [7, 11) is 0. The number of amides is 1. The molecule has 0 radical (unpaired) electrons. The predicted molar refractivity (Wildman–Crippen MR) is 114 cm³/mol. The Labute approximate surface area is 181 Å². The lowest BCUT2D eigenvalue weighted by Gasteiger charge is -2.13.